The van der Waals surface area contributed by atoms with Crippen LogP contribution in [0.1, 0.15) is 10.4 Å². The third-order valence-corrected chi connectivity index (χ3v) is 2.46. The fraction of sp³-hybridized carbons (Fsp3) is 0. The summed E-state index contributed by atoms with van der Waals surface area (Å²) >= 11 is 0. The van der Waals surface area contributed by atoms with Gasteiger partial charge in [0.1, 0.15) is 5.82 Å². The largest absolute Gasteiger partial charge is 0.399 e. The maximum absolute atomic E-state index is 13.4. The summed E-state index contributed by atoms with van der Waals surface area (Å²) in [6.45, 7) is 0. The molecule has 0 saturated heterocycles. The smallest absolute Gasteiger partial charge is 0.258 e. The van der Waals surface area contributed by atoms with Gasteiger partial charge in [-0.05, 0) is 30.3 Å². The molecule has 0 aliphatic carbocycles. The van der Waals surface area contributed by atoms with Crippen molar-refractivity contribution >= 4 is 17.3 Å². The average molecular weight is 284 g/mol. The molecule has 0 aliphatic heterocycles. The van der Waals surface area contributed by atoms with Crippen LogP contribution >= 0.6 is 0 Å². The van der Waals surface area contributed by atoms with Crippen molar-refractivity contribution in [2.24, 2.45) is 0 Å². The lowest BCUT2D eigenvalue weighted by atomic mass is 10.1. The van der Waals surface area contributed by atoms with E-state index in [2.05, 4.69) is 5.32 Å². The minimum atomic E-state index is -1.75. The highest BCUT2D eigenvalue weighted by Crippen LogP contribution is 2.19. The molecular formula is C13H8F4N2O. The van der Waals surface area contributed by atoms with E-state index in [0.29, 0.717) is 6.07 Å². The van der Waals surface area contributed by atoms with Gasteiger partial charge in [0.2, 0.25) is 0 Å². The summed E-state index contributed by atoms with van der Waals surface area (Å²) in [5.74, 6) is -6.53. The van der Waals surface area contributed by atoms with Crippen molar-refractivity contribution in [3.63, 3.8) is 0 Å². The van der Waals surface area contributed by atoms with Gasteiger partial charge < -0.3 is 11.1 Å². The van der Waals surface area contributed by atoms with Gasteiger partial charge in [-0.3, -0.25) is 4.79 Å². The Hall–Kier alpha value is -2.57. The van der Waals surface area contributed by atoms with E-state index in [1.807, 2.05) is 0 Å². The number of rotatable bonds is 2. The van der Waals surface area contributed by atoms with Crippen LogP contribution in [0.5, 0.6) is 0 Å². The van der Waals surface area contributed by atoms with Crippen molar-refractivity contribution in [3.8, 4) is 0 Å². The molecule has 2 aromatic rings. The highest BCUT2D eigenvalue weighted by Gasteiger charge is 2.19. The van der Waals surface area contributed by atoms with Crippen LogP contribution in [0, 0.1) is 23.3 Å². The Morgan fingerprint density at radius 3 is 2.35 bits per heavy atom. The molecule has 0 aliphatic rings. The molecule has 3 N–H and O–H groups in total. The van der Waals surface area contributed by atoms with Gasteiger partial charge in [-0.15, -0.1) is 0 Å². The first-order chi connectivity index (χ1) is 9.38. The molecule has 0 spiro atoms. The molecule has 0 heterocycles. The predicted molar refractivity (Wildman–Crippen MR) is 65.1 cm³/mol. The summed E-state index contributed by atoms with van der Waals surface area (Å²) in [6.07, 6.45) is 0. The third kappa shape index (κ3) is 2.71. The van der Waals surface area contributed by atoms with Gasteiger partial charge in [0.15, 0.2) is 17.5 Å². The second kappa shape index (κ2) is 5.20. The summed E-state index contributed by atoms with van der Waals surface area (Å²) in [4.78, 5) is 11.7. The van der Waals surface area contributed by atoms with Crippen molar-refractivity contribution in [3.05, 3.63) is 59.2 Å². The lowest BCUT2D eigenvalue weighted by Crippen LogP contribution is -2.15. The highest BCUT2D eigenvalue weighted by molar-refractivity contribution is 6.04. The second-order valence-corrected chi connectivity index (χ2v) is 3.95. The summed E-state index contributed by atoms with van der Waals surface area (Å²) < 4.78 is 52.2. The number of nitrogens with one attached hydrogen (secondary N) is 1. The SMILES string of the molecule is Nc1cc(F)cc(NC(=O)c2ccc(F)c(F)c2F)c1. The molecule has 0 bridgehead atoms. The lowest BCUT2D eigenvalue weighted by molar-refractivity contribution is 0.102. The zero-order valence-electron chi connectivity index (χ0n) is 9.88. The minimum Gasteiger partial charge on any atom is -0.399 e. The number of halogens is 4. The van der Waals surface area contributed by atoms with Crippen LogP contribution in [0.25, 0.3) is 0 Å². The number of amides is 1. The van der Waals surface area contributed by atoms with Gasteiger partial charge >= 0.3 is 0 Å². The average Bonchev–Trinajstić information content (AvgIpc) is 2.34. The summed E-state index contributed by atoms with van der Waals surface area (Å²) in [7, 11) is 0. The maximum Gasteiger partial charge on any atom is 0.258 e. The quantitative estimate of drug-likeness (QED) is 0.506. The zero-order valence-corrected chi connectivity index (χ0v) is 9.88. The second-order valence-electron chi connectivity index (χ2n) is 3.95. The fourth-order valence-corrected chi connectivity index (χ4v) is 1.58. The van der Waals surface area contributed by atoms with Gasteiger partial charge in [0.25, 0.3) is 5.91 Å². The number of hydrogen-bond acceptors (Lipinski definition) is 2. The van der Waals surface area contributed by atoms with E-state index in [9.17, 15) is 22.4 Å². The molecule has 0 radical (unpaired) electrons. The molecule has 1 amide bonds. The molecular weight excluding hydrogens is 276 g/mol. The van der Waals surface area contributed by atoms with Crippen LogP contribution in [0.2, 0.25) is 0 Å². The summed E-state index contributed by atoms with van der Waals surface area (Å²) in [5, 5.41) is 2.14. The van der Waals surface area contributed by atoms with Crippen LogP contribution in [0.3, 0.4) is 0 Å². The van der Waals surface area contributed by atoms with E-state index in [-0.39, 0.29) is 11.4 Å². The first-order valence-corrected chi connectivity index (χ1v) is 5.39. The Morgan fingerprint density at radius 1 is 1.00 bits per heavy atom. The topological polar surface area (TPSA) is 55.1 Å². The number of nitrogen functional groups attached to an aromatic ring is 1. The van der Waals surface area contributed by atoms with Crippen LogP contribution in [-0.2, 0) is 0 Å². The van der Waals surface area contributed by atoms with E-state index in [0.717, 1.165) is 18.2 Å². The van der Waals surface area contributed by atoms with Crippen molar-refractivity contribution in [2.75, 3.05) is 11.1 Å². The molecule has 104 valence electrons. The first-order valence-electron chi connectivity index (χ1n) is 5.39. The van der Waals surface area contributed by atoms with Gasteiger partial charge in [-0.25, -0.2) is 17.6 Å². The lowest BCUT2D eigenvalue weighted by Gasteiger charge is -2.08. The Labute approximate surface area is 111 Å². The number of carbonyl (C=O) groups is 1. The molecule has 7 heteroatoms. The van der Waals surface area contributed by atoms with E-state index >= 15 is 0 Å². The minimum absolute atomic E-state index is 0.0309. The zero-order chi connectivity index (χ0) is 14.9. The summed E-state index contributed by atoms with van der Waals surface area (Å²) in [6, 6.07) is 4.61. The normalized spacial score (nSPS) is 10.4. The maximum atomic E-state index is 13.4. The van der Waals surface area contributed by atoms with E-state index in [1.54, 1.807) is 0 Å². The van der Waals surface area contributed by atoms with Gasteiger partial charge in [0.05, 0.1) is 5.56 Å². The first kappa shape index (κ1) is 13.9. The Balaban J connectivity index is 2.31. The molecule has 2 aromatic carbocycles. The standard InChI is InChI=1S/C13H8F4N2O/c14-6-3-7(18)5-8(4-6)19-13(20)9-1-2-10(15)12(17)11(9)16/h1-5H,18H2,(H,19,20). The van der Waals surface area contributed by atoms with Gasteiger partial charge in [-0.1, -0.05) is 0 Å². The highest BCUT2D eigenvalue weighted by atomic mass is 19.2. The predicted octanol–water partition coefficient (Wildman–Crippen LogP) is 3.08. The molecule has 0 unspecified atom stereocenters. The molecule has 3 nitrogen and oxygen atoms in total. The summed E-state index contributed by atoms with van der Waals surface area (Å²) in [5.41, 5.74) is 4.69. The Morgan fingerprint density at radius 2 is 1.70 bits per heavy atom. The number of carbonyl (C=O) groups excluding carboxylic acids is 1. The molecule has 0 fully saturated rings. The van der Waals surface area contributed by atoms with Gasteiger partial charge in [-0.2, -0.15) is 0 Å². The molecule has 20 heavy (non-hydrogen) atoms. The van der Waals surface area contributed by atoms with Crippen molar-refractivity contribution in [2.45, 2.75) is 0 Å². The van der Waals surface area contributed by atoms with Crippen molar-refractivity contribution in [1.82, 2.24) is 0 Å². The Kier molecular flexibility index (Phi) is 3.60. The van der Waals surface area contributed by atoms with E-state index in [4.69, 9.17) is 5.73 Å². The van der Waals surface area contributed by atoms with Crippen molar-refractivity contribution < 1.29 is 22.4 Å². The molecule has 0 saturated carbocycles. The van der Waals surface area contributed by atoms with E-state index in [1.165, 1.54) is 6.07 Å². The van der Waals surface area contributed by atoms with Gasteiger partial charge in [0, 0.05) is 11.4 Å². The number of nitrogens with two attached hydrogens (primary N) is 1. The third-order valence-electron chi connectivity index (χ3n) is 2.46. The van der Waals surface area contributed by atoms with E-state index < -0.39 is 34.7 Å². The molecule has 0 aromatic heterocycles. The van der Waals surface area contributed by atoms with Crippen molar-refractivity contribution in [1.29, 1.82) is 0 Å². The van der Waals surface area contributed by atoms with Crippen LogP contribution in [-0.4, -0.2) is 5.91 Å². The number of hydrogen-bond donors (Lipinski definition) is 2. The molecule has 0 atom stereocenters. The number of anilines is 2. The Bertz CT molecular complexity index is 668. The monoisotopic (exact) mass is 284 g/mol. The van der Waals surface area contributed by atoms with Crippen LogP contribution in [0.15, 0.2) is 30.3 Å². The number of benzene rings is 2. The van der Waals surface area contributed by atoms with Crippen LogP contribution in [0.4, 0.5) is 28.9 Å². The molecule has 2 rings (SSSR count). The van der Waals surface area contributed by atoms with Crippen LogP contribution < -0.4 is 11.1 Å². The fourth-order valence-electron chi connectivity index (χ4n) is 1.58.